The summed E-state index contributed by atoms with van der Waals surface area (Å²) in [5, 5.41) is 0. The molecule has 0 aliphatic heterocycles. The van der Waals surface area contributed by atoms with Gasteiger partial charge in [-0.1, -0.05) is 34.6 Å². The lowest BCUT2D eigenvalue weighted by Gasteiger charge is -2.18. The van der Waals surface area contributed by atoms with E-state index in [1.807, 2.05) is 0 Å². The van der Waals surface area contributed by atoms with Gasteiger partial charge in [0.1, 0.15) is 0 Å². The van der Waals surface area contributed by atoms with E-state index in [1.54, 1.807) is 0 Å². The number of imidazole rings is 1. The van der Waals surface area contributed by atoms with Crippen molar-refractivity contribution in [3.8, 4) is 0 Å². The number of aromatic nitrogens is 2. The summed E-state index contributed by atoms with van der Waals surface area (Å²) >= 11 is 0. The van der Waals surface area contributed by atoms with Crippen LogP contribution in [0.4, 0.5) is 0 Å². The average Bonchev–Trinajstić information content (AvgIpc) is 2.46. The first kappa shape index (κ1) is 11.0. The molecule has 1 rings (SSSR count). The lowest BCUT2D eigenvalue weighted by Crippen LogP contribution is -2.15. The summed E-state index contributed by atoms with van der Waals surface area (Å²) in [6.07, 6.45) is 0.765. The standard InChI is InChI=1S/C11H18N2O/c1-7(2)9-10(11(3,4)5)13-8(6-14)12-9/h6-7H,1-5H3,(H,12,13). The number of aromatic amines is 1. The maximum atomic E-state index is 10.6. The fourth-order valence-corrected chi connectivity index (χ4v) is 1.45. The molecule has 0 amide bonds. The summed E-state index contributed by atoms with van der Waals surface area (Å²) in [4.78, 5) is 18.0. The molecule has 0 fully saturated rings. The van der Waals surface area contributed by atoms with Gasteiger partial charge in [-0.15, -0.1) is 0 Å². The molecule has 0 bridgehead atoms. The molecule has 0 atom stereocenters. The van der Waals surface area contributed by atoms with Gasteiger partial charge in [-0.05, 0) is 5.92 Å². The van der Waals surface area contributed by atoms with Crippen LogP contribution in [-0.2, 0) is 5.41 Å². The highest BCUT2D eigenvalue weighted by Crippen LogP contribution is 2.28. The first-order chi connectivity index (χ1) is 6.36. The quantitative estimate of drug-likeness (QED) is 0.736. The molecule has 1 N–H and O–H groups in total. The molecule has 1 aromatic heterocycles. The van der Waals surface area contributed by atoms with Crippen LogP contribution in [-0.4, -0.2) is 16.3 Å². The van der Waals surface area contributed by atoms with Crippen molar-refractivity contribution in [1.82, 2.24) is 9.97 Å². The number of hydrogen-bond acceptors (Lipinski definition) is 2. The van der Waals surface area contributed by atoms with Gasteiger partial charge in [0, 0.05) is 11.1 Å². The molecule has 0 unspecified atom stereocenters. The Morgan fingerprint density at radius 1 is 1.36 bits per heavy atom. The minimum Gasteiger partial charge on any atom is -0.339 e. The number of H-pyrrole nitrogens is 1. The van der Waals surface area contributed by atoms with Crippen LogP contribution in [0.25, 0.3) is 0 Å². The number of aldehydes is 1. The molecule has 0 aliphatic carbocycles. The van der Waals surface area contributed by atoms with E-state index in [4.69, 9.17) is 0 Å². The third-order valence-electron chi connectivity index (χ3n) is 2.15. The molecule has 14 heavy (non-hydrogen) atoms. The van der Waals surface area contributed by atoms with Gasteiger partial charge in [0.15, 0.2) is 12.1 Å². The summed E-state index contributed by atoms with van der Waals surface area (Å²) in [5.74, 6) is 0.795. The van der Waals surface area contributed by atoms with Crippen molar-refractivity contribution >= 4 is 6.29 Å². The average molecular weight is 194 g/mol. The monoisotopic (exact) mass is 194 g/mol. The first-order valence-corrected chi connectivity index (χ1v) is 4.91. The van der Waals surface area contributed by atoms with Crippen LogP contribution in [0.3, 0.4) is 0 Å². The molecule has 0 radical (unpaired) electrons. The van der Waals surface area contributed by atoms with Crippen molar-refractivity contribution in [1.29, 1.82) is 0 Å². The molecule has 3 nitrogen and oxygen atoms in total. The minimum atomic E-state index is -0.0165. The molecular formula is C11H18N2O. The van der Waals surface area contributed by atoms with Crippen molar-refractivity contribution in [3.05, 3.63) is 17.2 Å². The van der Waals surface area contributed by atoms with E-state index in [9.17, 15) is 4.79 Å². The van der Waals surface area contributed by atoms with Crippen molar-refractivity contribution in [2.45, 2.75) is 46.0 Å². The van der Waals surface area contributed by atoms with Gasteiger partial charge in [-0.3, -0.25) is 4.79 Å². The van der Waals surface area contributed by atoms with E-state index in [0.29, 0.717) is 11.7 Å². The molecule has 78 valence electrons. The van der Waals surface area contributed by atoms with Gasteiger partial charge in [0.25, 0.3) is 0 Å². The number of hydrogen-bond donors (Lipinski definition) is 1. The van der Waals surface area contributed by atoms with Crippen LogP contribution in [0.1, 0.15) is 62.5 Å². The van der Waals surface area contributed by atoms with Crippen LogP contribution in [0, 0.1) is 0 Å². The molecule has 0 aliphatic rings. The minimum absolute atomic E-state index is 0.0165. The second-order valence-corrected chi connectivity index (χ2v) is 4.91. The summed E-state index contributed by atoms with van der Waals surface area (Å²) in [6, 6.07) is 0. The zero-order valence-corrected chi connectivity index (χ0v) is 9.51. The number of carbonyl (C=O) groups excluding carboxylic acids is 1. The van der Waals surface area contributed by atoms with E-state index >= 15 is 0 Å². The van der Waals surface area contributed by atoms with Crippen LogP contribution >= 0.6 is 0 Å². The Balaban J connectivity index is 3.26. The highest BCUT2D eigenvalue weighted by atomic mass is 16.1. The Bertz CT molecular complexity index is 332. The van der Waals surface area contributed by atoms with Crippen LogP contribution in [0.2, 0.25) is 0 Å². The lowest BCUT2D eigenvalue weighted by atomic mass is 9.88. The second kappa shape index (κ2) is 3.56. The van der Waals surface area contributed by atoms with Crippen LogP contribution in [0.15, 0.2) is 0 Å². The molecule has 3 heteroatoms. The predicted molar refractivity (Wildman–Crippen MR) is 56.8 cm³/mol. The molecule has 1 aromatic rings. The van der Waals surface area contributed by atoms with Gasteiger partial charge >= 0.3 is 0 Å². The molecule has 0 aromatic carbocycles. The van der Waals surface area contributed by atoms with Gasteiger partial charge in [0.05, 0.1) is 5.69 Å². The topological polar surface area (TPSA) is 45.8 Å². The fourth-order valence-electron chi connectivity index (χ4n) is 1.45. The summed E-state index contributed by atoms with van der Waals surface area (Å²) in [7, 11) is 0. The summed E-state index contributed by atoms with van der Waals surface area (Å²) in [6.45, 7) is 10.5. The Morgan fingerprint density at radius 2 is 1.93 bits per heavy atom. The third-order valence-corrected chi connectivity index (χ3v) is 2.15. The van der Waals surface area contributed by atoms with Crippen molar-refractivity contribution < 1.29 is 4.79 Å². The maximum absolute atomic E-state index is 10.6. The first-order valence-electron chi connectivity index (χ1n) is 4.91. The van der Waals surface area contributed by atoms with E-state index in [2.05, 4.69) is 44.6 Å². The van der Waals surface area contributed by atoms with Gasteiger partial charge < -0.3 is 4.98 Å². The van der Waals surface area contributed by atoms with Gasteiger partial charge in [0.2, 0.25) is 0 Å². The van der Waals surface area contributed by atoms with E-state index in [-0.39, 0.29) is 5.41 Å². The normalized spacial score (nSPS) is 12.1. The molecule has 0 saturated heterocycles. The number of rotatable bonds is 2. The Kier molecular flexibility index (Phi) is 2.79. The number of nitrogens with zero attached hydrogens (tertiary/aromatic N) is 1. The SMILES string of the molecule is CC(C)c1[nH]c(C=O)nc1C(C)(C)C. The largest absolute Gasteiger partial charge is 0.339 e. The van der Waals surface area contributed by atoms with E-state index in [1.165, 1.54) is 0 Å². The highest BCUT2D eigenvalue weighted by Gasteiger charge is 2.23. The molecule has 0 spiro atoms. The number of carbonyl (C=O) groups is 1. The summed E-state index contributed by atoms with van der Waals surface area (Å²) in [5.41, 5.74) is 2.05. The summed E-state index contributed by atoms with van der Waals surface area (Å²) < 4.78 is 0. The van der Waals surface area contributed by atoms with Crippen LogP contribution in [0.5, 0.6) is 0 Å². The number of nitrogens with one attached hydrogen (secondary N) is 1. The third kappa shape index (κ3) is 2.03. The Hall–Kier alpha value is -1.12. The van der Waals surface area contributed by atoms with Gasteiger partial charge in [-0.2, -0.15) is 0 Å². The molecular weight excluding hydrogens is 176 g/mol. The van der Waals surface area contributed by atoms with Crippen molar-refractivity contribution in [2.75, 3.05) is 0 Å². The van der Waals surface area contributed by atoms with Crippen LogP contribution < -0.4 is 0 Å². The van der Waals surface area contributed by atoms with Gasteiger partial charge in [-0.25, -0.2) is 4.98 Å². The second-order valence-electron chi connectivity index (χ2n) is 4.91. The highest BCUT2D eigenvalue weighted by molar-refractivity contribution is 5.69. The molecule has 0 saturated carbocycles. The van der Waals surface area contributed by atoms with Crippen molar-refractivity contribution in [2.24, 2.45) is 0 Å². The smallest absolute Gasteiger partial charge is 0.185 e. The zero-order chi connectivity index (χ0) is 10.9. The zero-order valence-electron chi connectivity index (χ0n) is 9.51. The Morgan fingerprint density at radius 3 is 2.21 bits per heavy atom. The predicted octanol–water partition coefficient (Wildman–Crippen LogP) is 2.64. The van der Waals surface area contributed by atoms with E-state index in [0.717, 1.165) is 17.7 Å². The maximum Gasteiger partial charge on any atom is 0.185 e. The fraction of sp³-hybridized carbons (Fsp3) is 0.636. The van der Waals surface area contributed by atoms with E-state index < -0.39 is 0 Å². The van der Waals surface area contributed by atoms with Crippen molar-refractivity contribution in [3.63, 3.8) is 0 Å². The Labute approximate surface area is 84.9 Å². The molecule has 1 heterocycles. The lowest BCUT2D eigenvalue weighted by molar-refractivity contribution is 0.111.